The van der Waals surface area contributed by atoms with E-state index in [-0.39, 0.29) is 10.2 Å². The Morgan fingerprint density at radius 1 is 1.00 bits per heavy atom. The van der Waals surface area contributed by atoms with E-state index in [2.05, 4.69) is 0 Å². The molecule has 5 nitrogen and oxygen atoms in total. The maximum Gasteiger partial charge on any atom is 0.233 e. The van der Waals surface area contributed by atoms with Gasteiger partial charge in [0.2, 0.25) is 20.0 Å². The van der Waals surface area contributed by atoms with Gasteiger partial charge >= 0.3 is 0 Å². The lowest BCUT2D eigenvalue weighted by atomic mass is 11.9. The van der Waals surface area contributed by atoms with Gasteiger partial charge in [0.1, 0.15) is 10.2 Å². The van der Waals surface area contributed by atoms with Gasteiger partial charge in [-0.05, 0) is 0 Å². The molecule has 0 saturated carbocycles. The van der Waals surface area contributed by atoms with E-state index < -0.39 is 20.0 Å². The first-order chi connectivity index (χ1) is 4.41. The van der Waals surface area contributed by atoms with Gasteiger partial charge in [0.25, 0.3) is 0 Å². The Balaban J connectivity index is 2.97. The van der Waals surface area contributed by atoms with Crippen LogP contribution in [0.2, 0.25) is 0 Å². The predicted octanol–water partition coefficient (Wildman–Crippen LogP) is -1.10. The molecule has 1 aliphatic heterocycles. The number of sulfonamides is 2. The van der Waals surface area contributed by atoms with Crippen LogP contribution in [0.5, 0.6) is 0 Å². The maximum atomic E-state index is 10.6. The van der Waals surface area contributed by atoms with E-state index in [4.69, 9.17) is 0 Å². The Bertz CT molecular complexity index is 280. The number of rotatable bonds is 0. The van der Waals surface area contributed by atoms with Crippen molar-refractivity contribution < 1.29 is 16.8 Å². The summed E-state index contributed by atoms with van der Waals surface area (Å²) in [5.41, 5.74) is 0. The minimum Gasteiger partial charge on any atom is -0.211 e. The highest BCUT2D eigenvalue weighted by Crippen LogP contribution is 2.13. The van der Waals surface area contributed by atoms with Crippen LogP contribution in [0, 0.1) is 0 Å². The molecule has 0 bridgehead atoms. The minimum atomic E-state index is -3.57. The second kappa shape index (κ2) is 2.36. The predicted molar refractivity (Wildman–Crippen MR) is 38.3 cm³/mol. The van der Waals surface area contributed by atoms with Crippen LogP contribution in [0.25, 0.3) is 0 Å². The molecule has 1 heterocycles. The van der Waals surface area contributed by atoms with Crippen LogP contribution in [0.3, 0.4) is 0 Å². The molecule has 8 heteroatoms. The summed E-state index contributed by atoms with van der Waals surface area (Å²) in [4.78, 5) is 0. The number of hydrogen-bond acceptors (Lipinski definition) is 5. The molecule has 0 aromatic carbocycles. The van der Waals surface area contributed by atoms with Crippen LogP contribution in [0.1, 0.15) is 0 Å². The quantitative estimate of drug-likeness (QED) is 0.540. The molecule has 0 radical (unpaired) electrons. The second-order valence-electron chi connectivity index (χ2n) is 1.75. The monoisotopic (exact) mass is 203 g/mol. The van der Waals surface area contributed by atoms with Gasteiger partial charge in [0.15, 0.2) is 0 Å². The number of hydrogen-bond donors (Lipinski definition) is 1. The zero-order valence-corrected chi connectivity index (χ0v) is 7.22. The average molecular weight is 203 g/mol. The molecular weight excluding hydrogens is 198 g/mol. The molecule has 0 aliphatic carbocycles. The van der Waals surface area contributed by atoms with Crippen LogP contribution in [0.4, 0.5) is 0 Å². The molecule has 1 rings (SSSR count). The third kappa shape index (κ3) is 2.11. The van der Waals surface area contributed by atoms with E-state index in [0.29, 0.717) is 0 Å². The summed E-state index contributed by atoms with van der Waals surface area (Å²) in [6.45, 7) is 0. The molecule has 0 amide bonds. The van der Waals surface area contributed by atoms with Crippen molar-refractivity contribution in [1.82, 2.24) is 4.13 Å². The Morgan fingerprint density at radius 2 is 1.40 bits per heavy atom. The molecule has 1 saturated heterocycles. The molecule has 0 atom stereocenters. The Labute approximate surface area is 63.3 Å². The standard InChI is InChI=1S/C2H5NO4S3/c4-9(5)1-8-2-10(6,7)3-9/h3H,1-2H2. The molecule has 0 aromatic heterocycles. The van der Waals surface area contributed by atoms with Crippen molar-refractivity contribution in [1.29, 1.82) is 0 Å². The van der Waals surface area contributed by atoms with Crippen molar-refractivity contribution in [3.8, 4) is 0 Å². The van der Waals surface area contributed by atoms with Gasteiger partial charge in [-0.3, -0.25) is 0 Å². The van der Waals surface area contributed by atoms with Crippen molar-refractivity contribution in [3.05, 3.63) is 0 Å². The number of thioether (sulfide) groups is 1. The summed E-state index contributed by atoms with van der Waals surface area (Å²) >= 11 is 0.870. The van der Waals surface area contributed by atoms with E-state index in [1.165, 1.54) is 0 Å². The summed E-state index contributed by atoms with van der Waals surface area (Å²) in [5.74, 6) is 0. The zero-order chi connectivity index (χ0) is 7.83. The lowest BCUT2D eigenvalue weighted by Crippen LogP contribution is -2.37. The molecule has 60 valence electrons. The highest BCUT2D eigenvalue weighted by Gasteiger charge is 2.26. The van der Waals surface area contributed by atoms with Gasteiger partial charge in [-0.2, -0.15) is 0 Å². The minimum absolute atomic E-state index is 0.174. The van der Waals surface area contributed by atoms with Crippen LogP contribution < -0.4 is 4.13 Å². The maximum absolute atomic E-state index is 10.6. The fourth-order valence-corrected chi connectivity index (χ4v) is 5.93. The second-order valence-corrected chi connectivity index (χ2v) is 7.17. The third-order valence-corrected chi connectivity index (χ3v) is 6.58. The smallest absolute Gasteiger partial charge is 0.211 e. The van der Waals surface area contributed by atoms with Gasteiger partial charge in [-0.1, -0.05) is 0 Å². The van der Waals surface area contributed by atoms with E-state index in [9.17, 15) is 16.8 Å². The fourth-order valence-electron chi connectivity index (χ4n) is 0.495. The lowest BCUT2D eigenvalue weighted by molar-refractivity contribution is 0.581. The van der Waals surface area contributed by atoms with E-state index in [0.717, 1.165) is 11.8 Å². The zero-order valence-electron chi connectivity index (χ0n) is 4.77. The van der Waals surface area contributed by atoms with Gasteiger partial charge in [-0.25, -0.2) is 16.8 Å². The van der Waals surface area contributed by atoms with Crippen molar-refractivity contribution in [3.63, 3.8) is 0 Å². The van der Waals surface area contributed by atoms with Crippen LogP contribution in [-0.4, -0.2) is 27.0 Å². The molecule has 1 aliphatic rings. The SMILES string of the molecule is O=S1(=O)CSCS(=O)(=O)N1. The number of nitrogens with one attached hydrogen (secondary N) is 1. The summed E-state index contributed by atoms with van der Waals surface area (Å²) in [5, 5.41) is -0.349. The molecule has 1 fully saturated rings. The van der Waals surface area contributed by atoms with Crippen LogP contribution >= 0.6 is 11.8 Å². The van der Waals surface area contributed by atoms with Crippen molar-refractivity contribution >= 4 is 31.8 Å². The Hall–Kier alpha value is 0.210. The van der Waals surface area contributed by atoms with Gasteiger partial charge < -0.3 is 0 Å². The fraction of sp³-hybridized carbons (Fsp3) is 1.00. The largest absolute Gasteiger partial charge is 0.233 e. The summed E-state index contributed by atoms with van der Waals surface area (Å²) in [6.07, 6.45) is 0. The van der Waals surface area contributed by atoms with Crippen LogP contribution in [-0.2, 0) is 20.0 Å². The first-order valence-corrected chi connectivity index (χ1v) is 6.69. The molecular formula is C2H5NO4S3. The van der Waals surface area contributed by atoms with Gasteiger partial charge in [0, 0.05) is 0 Å². The van der Waals surface area contributed by atoms with Gasteiger partial charge in [-0.15, -0.1) is 15.9 Å². The van der Waals surface area contributed by atoms with Gasteiger partial charge in [0.05, 0.1) is 0 Å². The van der Waals surface area contributed by atoms with E-state index in [1.54, 1.807) is 4.13 Å². The topological polar surface area (TPSA) is 80.3 Å². The van der Waals surface area contributed by atoms with Crippen molar-refractivity contribution in [2.45, 2.75) is 0 Å². The van der Waals surface area contributed by atoms with Crippen molar-refractivity contribution in [2.24, 2.45) is 0 Å². The Kier molecular flexibility index (Phi) is 1.96. The third-order valence-electron chi connectivity index (χ3n) is 0.731. The molecule has 0 aromatic rings. The highest BCUT2D eigenvalue weighted by atomic mass is 32.3. The van der Waals surface area contributed by atoms with E-state index >= 15 is 0 Å². The molecule has 1 N–H and O–H groups in total. The Morgan fingerprint density at radius 3 is 1.60 bits per heavy atom. The summed E-state index contributed by atoms with van der Waals surface area (Å²) in [6, 6.07) is 0. The highest BCUT2D eigenvalue weighted by molar-refractivity contribution is 8.25. The first kappa shape index (κ1) is 8.31. The van der Waals surface area contributed by atoms with Crippen molar-refractivity contribution in [2.75, 3.05) is 10.2 Å². The molecule has 0 spiro atoms. The summed E-state index contributed by atoms with van der Waals surface area (Å²) < 4.78 is 43.8. The normalized spacial score (nSPS) is 29.6. The average Bonchev–Trinajstić information content (AvgIpc) is 1.56. The van der Waals surface area contributed by atoms with E-state index in [1.807, 2.05) is 0 Å². The first-order valence-electron chi connectivity index (χ1n) is 2.23. The molecule has 10 heavy (non-hydrogen) atoms. The summed E-state index contributed by atoms with van der Waals surface area (Å²) in [7, 11) is -7.13. The molecule has 0 unspecified atom stereocenters. The van der Waals surface area contributed by atoms with Crippen LogP contribution in [0.15, 0.2) is 0 Å². The lowest BCUT2D eigenvalue weighted by Gasteiger charge is -2.11.